The van der Waals surface area contributed by atoms with Crippen molar-refractivity contribution in [3.63, 3.8) is 0 Å². The molecule has 0 bridgehead atoms. The van der Waals surface area contributed by atoms with Crippen LogP contribution in [0, 0.1) is 13.8 Å². The highest BCUT2D eigenvalue weighted by molar-refractivity contribution is 7.21. The minimum Gasteiger partial charge on any atom is -0.453 e. The molecule has 20 heavy (non-hydrogen) atoms. The van der Waals surface area contributed by atoms with Crippen LogP contribution in [-0.2, 0) is 11.3 Å². The first kappa shape index (κ1) is 12.9. The zero-order valence-corrected chi connectivity index (χ0v) is 12.0. The van der Waals surface area contributed by atoms with Crippen LogP contribution >= 0.6 is 11.3 Å². The molecule has 0 saturated heterocycles. The van der Waals surface area contributed by atoms with Gasteiger partial charge in [-0.05, 0) is 30.9 Å². The first-order chi connectivity index (χ1) is 9.65. The van der Waals surface area contributed by atoms with Crippen LogP contribution in [0.4, 0.5) is 0 Å². The van der Waals surface area contributed by atoms with E-state index in [1.54, 1.807) is 6.07 Å². The van der Waals surface area contributed by atoms with Crippen LogP contribution in [0.2, 0.25) is 0 Å². The van der Waals surface area contributed by atoms with Crippen molar-refractivity contribution in [2.24, 2.45) is 0 Å². The molecule has 102 valence electrons. The Labute approximate surface area is 120 Å². The van der Waals surface area contributed by atoms with Gasteiger partial charge in [0.05, 0.1) is 5.69 Å². The van der Waals surface area contributed by atoms with Gasteiger partial charge >= 0.3 is 5.97 Å². The number of fused-ring (bicyclic) bond motifs is 1. The molecule has 3 rings (SSSR count). The van der Waals surface area contributed by atoms with Crippen molar-refractivity contribution in [2.45, 2.75) is 20.5 Å². The minimum atomic E-state index is -0.322. The number of rotatable bonds is 3. The molecule has 2 aromatic heterocycles. The number of ether oxygens (including phenoxy) is 1. The van der Waals surface area contributed by atoms with Crippen LogP contribution in [-0.4, -0.2) is 11.1 Å². The Hall–Kier alpha value is -2.14. The summed E-state index contributed by atoms with van der Waals surface area (Å²) in [6.07, 6.45) is 0. The van der Waals surface area contributed by atoms with Crippen molar-refractivity contribution >= 4 is 27.4 Å². The average molecular weight is 287 g/mol. The lowest BCUT2D eigenvalue weighted by Crippen LogP contribution is -2.04. The van der Waals surface area contributed by atoms with Gasteiger partial charge in [-0.1, -0.05) is 23.4 Å². The lowest BCUT2D eigenvalue weighted by Gasteiger charge is -2.01. The van der Waals surface area contributed by atoms with Crippen LogP contribution in [0.3, 0.4) is 0 Å². The van der Waals surface area contributed by atoms with Crippen molar-refractivity contribution in [3.05, 3.63) is 52.2 Å². The van der Waals surface area contributed by atoms with E-state index in [0.717, 1.165) is 21.3 Å². The van der Waals surface area contributed by atoms with Crippen LogP contribution in [0.1, 0.15) is 26.7 Å². The molecule has 0 spiro atoms. The van der Waals surface area contributed by atoms with E-state index in [4.69, 9.17) is 9.26 Å². The van der Waals surface area contributed by atoms with E-state index in [9.17, 15) is 4.79 Å². The van der Waals surface area contributed by atoms with Gasteiger partial charge in [0.25, 0.3) is 0 Å². The number of aryl methyl sites for hydroxylation is 2. The largest absolute Gasteiger partial charge is 0.453 e. The second-order valence-corrected chi connectivity index (χ2v) is 5.62. The van der Waals surface area contributed by atoms with Crippen molar-refractivity contribution in [2.75, 3.05) is 0 Å². The Bertz CT molecular complexity index is 772. The molecule has 5 heteroatoms. The monoisotopic (exact) mass is 287 g/mol. The number of carbonyl (C=O) groups is 1. The molecule has 0 aliphatic rings. The third kappa shape index (κ3) is 2.32. The molecule has 0 fully saturated rings. The Morgan fingerprint density at radius 1 is 1.35 bits per heavy atom. The Balaban J connectivity index is 1.80. The van der Waals surface area contributed by atoms with Crippen LogP contribution in [0.25, 0.3) is 10.1 Å². The average Bonchev–Trinajstić information content (AvgIpc) is 3.01. The molecular formula is C15H13NO3S. The summed E-state index contributed by atoms with van der Waals surface area (Å²) in [5.74, 6) is 0.229. The maximum atomic E-state index is 12.1. The van der Waals surface area contributed by atoms with Gasteiger partial charge < -0.3 is 9.26 Å². The van der Waals surface area contributed by atoms with Crippen LogP contribution in [0.15, 0.2) is 34.9 Å². The van der Waals surface area contributed by atoms with E-state index in [1.807, 2.05) is 38.1 Å². The highest BCUT2D eigenvalue weighted by Crippen LogP contribution is 2.31. The highest BCUT2D eigenvalue weighted by Gasteiger charge is 2.17. The number of esters is 1. The molecule has 0 unspecified atom stereocenters. The van der Waals surface area contributed by atoms with Gasteiger partial charge in [0.1, 0.15) is 4.88 Å². The van der Waals surface area contributed by atoms with Gasteiger partial charge in [0, 0.05) is 10.8 Å². The first-order valence-corrected chi connectivity index (χ1v) is 7.04. The summed E-state index contributed by atoms with van der Waals surface area (Å²) in [4.78, 5) is 12.8. The normalized spacial score (nSPS) is 10.9. The fourth-order valence-electron chi connectivity index (χ4n) is 2.06. The molecule has 0 N–H and O–H groups in total. The Kier molecular flexibility index (Phi) is 3.28. The number of nitrogens with zero attached hydrogens (tertiary/aromatic N) is 1. The van der Waals surface area contributed by atoms with E-state index in [0.29, 0.717) is 10.6 Å². The molecule has 0 aliphatic heterocycles. The molecule has 0 amide bonds. The summed E-state index contributed by atoms with van der Waals surface area (Å²) < 4.78 is 11.4. The number of hydrogen-bond acceptors (Lipinski definition) is 5. The molecule has 0 radical (unpaired) electrons. The molecule has 3 aromatic rings. The number of aromatic nitrogens is 1. The smallest absolute Gasteiger partial charge is 0.349 e. The standard InChI is InChI=1S/C15H13NO3S/c1-9-7-11(19-16-9)8-18-15(17)14-10(2)12-5-3-4-6-13(12)20-14/h3-7H,8H2,1-2H3. The van der Waals surface area contributed by atoms with Crippen LogP contribution < -0.4 is 0 Å². The molecule has 0 atom stereocenters. The fraction of sp³-hybridized carbons (Fsp3) is 0.200. The van der Waals surface area contributed by atoms with Crippen molar-refractivity contribution in [3.8, 4) is 0 Å². The predicted octanol–water partition coefficient (Wildman–Crippen LogP) is 3.86. The van der Waals surface area contributed by atoms with Gasteiger partial charge in [0.15, 0.2) is 12.4 Å². The Morgan fingerprint density at radius 2 is 2.15 bits per heavy atom. The van der Waals surface area contributed by atoms with E-state index in [-0.39, 0.29) is 12.6 Å². The van der Waals surface area contributed by atoms with Gasteiger partial charge in [-0.25, -0.2) is 4.79 Å². The lowest BCUT2D eigenvalue weighted by atomic mass is 10.1. The predicted molar refractivity (Wildman–Crippen MR) is 76.9 cm³/mol. The summed E-state index contributed by atoms with van der Waals surface area (Å²) >= 11 is 1.45. The van der Waals surface area contributed by atoms with E-state index >= 15 is 0 Å². The zero-order chi connectivity index (χ0) is 14.1. The summed E-state index contributed by atoms with van der Waals surface area (Å²) in [7, 11) is 0. The summed E-state index contributed by atoms with van der Waals surface area (Å²) in [6, 6.07) is 9.70. The third-order valence-corrected chi connectivity index (χ3v) is 4.30. The van der Waals surface area contributed by atoms with Crippen molar-refractivity contribution in [1.29, 1.82) is 0 Å². The number of carbonyl (C=O) groups excluding carboxylic acids is 1. The second-order valence-electron chi connectivity index (χ2n) is 4.56. The second kappa shape index (κ2) is 5.09. The van der Waals surface area contributed by atoms with Crippen molar-refractivity contribution in [1.82, 2.24) is 5.16 Å². The van der Waals surface area contributed by atoms with E-state index in [1.165, 1.54) is 11.3 Å². The summed E-state index contributed by atoms with van der Waals surface area (Å²) in [6.45, 7) is 3.87. The molecule has 1 aromatic carbocycles. The quantitative estimate of drug-likeness (QED) is 0.686. The molecule has 4 nitrogen and oxygen atoms in total. The first-order valence-electron chi connectivity index (χ1n) is 6.22. The van der Waals surface area contributed by atoms with Gasteiger partial charge in [-0.2, -0.15) is 0 Å². The third-order valence-electron chi connectivity index (χ3n) is 3.05. The lowest BCUT2D eigenvalue weighted by molar-refractivity contribution is 0.0442. The van der Waals surface area contributed by atoms with Gasteiger partial charge in [-0.3, -0.25) is 0 Å². The van der Waals surface area contributed by atoms with E-state index < -0.39 is 0 Å². The minimum absolute atomic E-state index is 0.105. The number of hydrogen-bond donors (Lipinski definition) is 0. The van der Waals surface area contributed by atoms with Crippen molar-refractivity contribution < 1.29 is 14.1 Å². The van der Waals surface area contributed by atoms with Gasteiger partial charge in [0.2, 0.25) is 0 Å². The molecule has 2 heterocycles. The zero-order valence-electron chi connectivity index (χ0n) is 11.2. The highest BCUT2D eigenvalue weighted by atomic mass is 32.1. The topological polar surface area (TPSA) is 52.3 Å². The Morgan fingerprint density at radius 3 is 2.85 bits per heavy atom. The van der Waals surface area contributed by atoms with Gasteiger partial charge in [-0.15, -0.1) is 11.3 Å². The van der Waals surface area contributed by atoms with Crippen LogP contribution in [0.5, 0.6) is 0 Å². The summed E-state index contributed by atoms with van der Waals surface area (Å²) in [5.41, 5.74) is 1.73. The SMILES string of the molecule is Cc1cc(COC(=O)c2sc3ccccc3c2C)on1. The molecule has 0 aliphatic carbocycles. The molecule has 0 saturated carbocycles. The fourth-order valence-corrected chi connectivity index (χ4v) is 3.16. The number of benzene rings is 1. The summed E-state index contributed by atoms with van der Waals surface area (Å²) in [5, 5.41) is 4.85. The maximum Gasteiger partial charge on any atom is 0.349 e. The maximum absolute atomic E-state index is 12.1. The van der Waals surface area contributed by atoms with E-state index in [2.05, 4.69) is 5.16 Å². The number of thiophene rings is 1. The molecular weight excluding hydrogens is 274 g/mol.